The number of urea groups is 1. The van der Waals surface area contributed by atoms with E-state index in [4.69, 9.17) is 9.47 Å². The third kappa shape index (κ3) is 5.94. The number of nitrogens with zero attached hydrogens (tertiary/aromatic N) is 2. The molecule has 8 heteroatoms. The molecule has 0 aromatic rings. The monoisotopic (exact) mass is 394 g/mol. The maximum Gasteiger partial charge on any atom is 0.330 e. The molecule has 0 aliphatic carbocycles. The SMILES string of the molecule is C=CC(=O)OCCN1C(=O)N(CCOC(=O)C=C)C(C)(CCCCCC)C1=O. The van der Waals surface area contributed by atoms with Crippen LogP contribution in [0.25, 0.3) is 0 Å². The minimum Gasteiger partial charge on any atom is -0.461 e. The molecule has 1 aliphatic rings. The minimum absolute atomic E-state index is 0.0340. The Morgan fingerprint density at radius 2 is 1.57 bits per heavy atom. The highest BCUT2D eigenvalue weighted by Crippen LogP contribution is 2.32. The molecule has 28 heavy (non-hydrogen) atoms. The van der Waals surface area contributed by atoms with Gasteiger partial charge in [-0.2, -0.15) is 0 Å². The maximum absolute atomic E-state index is 13.0. The van der Waals surface area contributed by atoms with Gasteiger partial charge in [-0.25, -0.2) is 14.4 Å². The number of hydrogen-bond donors (Lipinski definition) is 0. The van der Waals surface area contributed by atoms with Gasteiger partial charge >= 0.3 is 18.0 Å². The Morgan fingerprint density at radius 1 is 1.00 bits per heavy atom. The Morgan fingerprint density at radius 3 is 2.11 bits per heavy atom. The van der Waals surface area contributed by atoms with E-state index in [1.54, 1.807) is 6.92 Å². The van der Waals surface area contributed by atoms with Crippen molar-refractivity contribution < 1.29 is 28.7 Å². The summed E-state index contributed by atoms with van der Waals surface area (Å²) in [6, 6.07) is -0.479. The van der Waals surface area contributed by atoms with Crippen LogP contribution in [0.2, 0.25) is 0 Å². The van der Waals surface area contributed by atoms with Crippen molar-refractivity contribution in [2.24, 2.45) is 0 Å². The van der Waals surface area contributed by atoms with Gasteiger partial charge in [-0.1, -0.05) is 45.8 Å². The molecule has 0 saturated carbocycles. The van der Waals surface area contributed by atoms with Crippen molar-refractivity contribution in [3.63, 3.8) is 0 Å². The van der Waals surface area contributed by atoms with Crippen molar-refractivity contribution in [3.05, 3.63) is 25.3 Å². The molecule has 1 saturated heterocycles. The molecular formula is C20H30N2O6. The molecule has 0 N–H and O–H groups in total. The lowest BCUT2D eigenvalue weighted by Crippen LogP contribution is -2.48. The summed E-state index contributed by atoms with van der Waals surface area (Å²) < 4.78 is 9.87. The lowest BCUT2D eigenvalue weighted by Gasteiger charge is -2.31. The van der Waals surface area contributed by atoms with Crippen LogP contribution in [0.3, 0.4) is 0 Å². The van der Waals surface area contributed by atoms with Gasteiger partial charge in [0.05, 0.1) is 13.1 Å². The molecule has 1 unspecified atom stereocenters. The van der Waals surface area contributed by atoms with Gasteiger partial charge in [0.2, 0.25) is 0 Å². The quantitative estimate of drug-likeness (QED) is 0.206. The highest BCUT2D eigenvalue weighted by molar-refractivity contribution is 6.06. The second-order valence-electron chi connectivity index (χ2n) is 6.72. The van der Waals surface area contributed by atoms with E-state index in [0.717, 1.165) is 42.7 Å². The first-order valence-electron chi connectivity index (χ1n) is 9.53. The van der Waals surface area contributed by atoms with E-state index in [9.17, 15) is 19.2 Å². The Bertz CT molecular complexity index is 618. The van der Waals surface area contributed by atoms with Crippen LogP contribution in [-0.4, -0.2) is 65.5 Å². The fourth-order valence-corrected chi connectivity index (χ4v) is 3.12. The van der Waals surface area contributed by atoms with Crippen molar-refractivity contribution in [1.29, 1.82) is 0 Å². The fourth-order valence-electron chi connectivity index (χ4n) is 3.12. The molecule has 156 valence electrons. The normalized spacial score (nSPS) is 18.9. The third-order valence-electron chi connectivity index (χ3n) is 4.73. The minimum atomic E-state index is -1.02. The van der Waals surface area contributed by atoms with Crippen molar-refractivity contribution in [2.75, 3.05) is 26.3 Å². The number of ether oxygens (including phenoxy) is 2. The zero-order chi connectivity index (χ0) is 21.2. The van der Waals surface area contributed by atoms with E-state index >= 15 is 0 Å². The topological polar surface area (TPSA) is 93.2 Å². The molecule has 0 aromatic heterocycles. The predicted molar refractivity (Wildman–Crippen MR) is 103 cm³/mol. The van der Waals surface area contributed by atoms with Crippen LogP contribution in [0.5, 0.6) is 0 Å². The average molecular weight is 394 g/mol. The second-order valence-corrected chi connectivity index (χ2v) is 6.72. The fraction of sp³-hybridized carbons (Fsp3) is 0.600. The third-order valence-corrected chi connectivity index (χ3v) is 4.73. The highest BCUT2D eigenvalue weighted by Gasteiger charge is 2.53. The summed E-state index contributed by atoms with van der Waals surface area (Å²) >= 11 is 0. The molecule has 1 rings (SSSR count). The second kappa shape index (κ2) is 11.3. The largest absolute Gasteiger partial charge is 0.461 e. The van der Waals surface area contributed by atoms with Crippen LogP contribution >= 0.6 is 0 Å². The van der Waals surface area contributed by atoms with Gasteiger partial charge in [0.25, 0.3) is 5.91 Å². The smallest absolute Gasteiger partial charge is 0.330 e. The van der Waals surface area contributed by atoms with Gasteiger partial charge in [-0.05, 0) is 13.3 Å². The Kier molecular flexibility index (Phi) is 9.41. The molecule has 1 heterocycles. The summed E-state index contributed by atoms with van der Waals surface area (Å²) in [5.74, 6) is -1.54. The Labute approximate surface area is 166 Å². The van der Waals surface area contributed by atoms with E-state index in [0.29, 0.717) is 6.42 Å². The van der Waals surface area contributed by atoms with Crippen molar-refractivity contribution in [3.8, 4) is 0 Å². The van der Waals surface area contributed by atoms with Gasteiger partial charge in [0, 0.05) is 12.2 Å². The number of hydrogen-bond acceptors (Lipinski definition) is 6. The first-order chi connectivity index (χ1) is 13.3. The van der Waals surface area contributed by atoms with E-state index in [-0.39, 0.29) is 32.2 Å². The lowest BCUT2D eigenvalue weighted by atomic mass is 9.92. The number of imide groups is 1. The van der Waals surface area contributed by atoms with Gasteiger partial charge in [0.15, 0.2) is 0 Å². The maximum atomic E-state index is 13.0. The number of amides is 3. The van der Waals surface area contributed by atoms with Crippen LogP contribution in [-0.2, 0) is 23.9 Å². The van der Waals surface area contributed by atoms with E-state index in [1.807, 2.05) is 0 Å². The molecule has 8 nitrogen and oxygen atoms in total. The molecule has 3 amide bonds. The molecule has 0 radical (unpaired) electrons. The van der Waals surface area contributed by atoms with Crippen LogP contribution in [0.15, 0.2) is 25.3 Å². The molecule has 1 atom stereocenters. The molecule has 0 bridgehead atoms. The molecule has 1 aliphatic heterocycles. The average Bonchev–Trinajstić information content (AvgIpc) is 2.86. The van der Waals surface area contributed by atoms with Gasteiger partial charge in [-0.3, -0.25) is 9.69 Å². The molecule has 0 aromatic carbocycles. The summed E-state index contributed by atoms with van der Waals surface area (Å²) in [6.07, 6.45) is 6.44. The highest BCUT2D eigenvalue weighted by atomic mass is 16.5. The van der Waals surface area contributed by atoms with Crippen molar-refractivity contribution >= 4 is 23.9 Å². The van der Waals surface area contributed by atoms with E-state index in [1.165, 1.54) is 4.90 Å². The molecule has 0 spiro atoms. The zero-order valence-electron chi connectivity index (χ0n) is 16.8. The van der Waals surface area contributed by atoms with Gasteiger partial charge < -0.3 is 14.4 Å². The van der Waals surface area contributed by atoms with Crippen molar-refractivity contribution in [1.82, 2.24) is 9.80 Å². The number of carbonyl (C=O) groups is 4. The Balaban J connectivity index is 2.85. The van der Waals surface area contributed by atoms with E-state index in [2.05, 4.69) is 20.1 Å². The number of carbonyl (C=O) groups excluding carboxylic acids is 4. The van der Waals surface area contributed by atoms with Crippen LogP contribution in [0.1, 0.15) is 46.0 Å². The summed E-state index contributed by atoms with van der Waals surface area (Å²) in [4.78, 5) is 50.8. The van der Waals surface area contributed by atoms with Crippen molar-refractivity contribution in [2.45, 2.75) is 51.5 Å². The van der Waals surface area contributed by atoms with Gasteiger partial charge in [0.1, 0.15) is 18.8 Å². The number of esters is 2. The predicted octanol–water partition coefficient (Wildman–Crippen LogP) is 2.44. The van der Waals surface area contributed by atoms with Gasteiger partial charge in [-0.15, -0.1) is 0 Å². The summed E-state index contributed by atoms with van der Waals surface area (Å²) in [5, 5.41) is 0. The summed E-state index contributed by atoms with van der Waals surface area (Å²) in [5.41, 5.74) is -1.02. The number of unbranched alkanes of at least 4 members (excludes halogenated alkanes) is 3. The van der Waals surface area contributed by atoms with Crippen LogP contribution in [0, 0.1) is 0 Å². The summed E-state index contributed by atoms with van der Waals surface area (Å²) in [7, 11) is 0. The number of rotatable bonds is 13. The standard InChI is InChI=1S/C20H30N2O6/c1-5-8-9-10-11-20(4)18(25)21(12-14-27-16(23)6-2)19(26)22(20)13-15-28-17(24)7-3/h6-7H,2-3,5,8-15H2,1,4H3. The van der Waals surface area contributed by atoms with Crippen LogP contribution < -0.4 is 0 Å². The van der Waals surface area contributed by atoms with Crippen LogP contribution in [0.4, 0.5) is 4.79 Å². The lowest BCUT2D eigenvalue weighted by molar-refractivity contribution is -0.141. The first-order valence-corrected chi connectivity index (χ1v) is 9.53. The zero-order valence-corrected chi connectivity index (χ0v) is 16.8. The first kappa shape index (κ1) is 23.4. The molecular weight excluding hydrogens is 364 g/mol. The summed E-state index contributed by atoms with van der Waals surface area (Å²) in [6.45, 7) is 10.4. The molecule has 1 fully saturated rings. The Hall–Kier alpha value is -2.64. The van der Waals surface area contributed by atoms with E-state index < -0.39 is 23.5 Å².